The van der Waals surface area contributed by atoms with Crippen LogP contribution in [-0.4, -0.2) is 28.9 Å². The van der Waals surface area contributed by atoms with E-state index in [1.807, 2.05) is 18.2 Å². The third kappa shape index (κ3) is 2.97. The second-order valence-corrected chi connectivity index (χ2v) is 5.17. The fraction of sp³-hybridized carbons (Fsp3) is 0.118. The van der Waals surface area contributed by atoms with Crippen LogP contribution in [0.15, 0.2) is 53.3 Å². The van der Waals surface area contributed by atoms with Crippen molar-refractivity contribution in [2.24, 2.45) is 0 Å². The molecule has 0 saturated heterocycles. The number of ether oxygens (including phenoxy) is 2. The molecule has 0 bridgehead atoms. The molecule has 0 fully saturated rings. The van der Waals surface area contributed by atoms with Crippen molar-refractivity contribution in [2.45, 2.75) is 0 Å². The van der Waals surface area contributed by atoms with E-state index in [9.17, 15) is 14.9 Å². The normalized spacial score (nSPS) is 10.5. The molecule has 2 aromatic carbocycles. The van der Waals surface area contributed by atoms with Gasteiger partial charge in [0.1, 0.15) is 0 Å². The minimum atomic E-state index is -0.558. The van der Waals surface area contributed by atoms with Gasteiger partial charge in [-0.05, 0) is 18.2 Å². The molecule has 0 aliphatic carbocycles. The summed E-state index contributed by atoms with van der Waals surface area (Å²) >= 11 is 0. The number of nitro benzene ring substituents is 1. The highest BCUT2D eigenvalue weighted by atomic mass is 16.6. The first-order chi connectivity index (χ1) is 12.0. The maximum Gasteiger partial charge on any atom is 0.315 e. The van der Waals surface area contributed by atoms with E-state index in [0.717, 1.165) is 0 Å². The summed E-state index contributed by atoms with van der Waals surface area (Å²) in [4.78, 5) is 23.0. The molecule has 8 heteroatoms. The Morgan fingerprint density at radius 1 is 1.08 bits per heavy atom. The summed E-state index contributed by atoms with van der Waals surface area (Å²) in [7, 11) is 2.72. The molecule has 0 aliphatic heterocycles. The summed E-state index contributed by atoms with van der Waals surface area (Å²) in [6, 6.07) is 13.3. The predicted octanol–water partition coefficient (Wildman–Crippen LogP) is 2.76. The van der Waals surface area contributed by atoms with Crippen molar-refractivity contribution in [1.29, 1.82) is 0 Å². The van der Waals surface area contributed by atoms with Crippen molar-refractivity contribution in [2.75, 3.05) is 14.2 Å². The first kappa shape index (κ1) is 16.3. The van der Waals surface area contributed by atoms with Crippen molar-refractivity contribution in [3.05, 3.63) is 69.0 Å². The maximum absolute atomic E-state index is 12.3. The van der Waals surface area contributed by atoms with Crippen molar-refractivity contribution in [3.63, 3.8) is 0 Å². The molecule has 0 unspecified atom stereocenters. The van der Waals surface area contributed by atoms with E-state index < -0.39 is 4.92 Å². The standard InChI is InChI=1S/C17H15N3O5/c1-24-15-9-11(8-14(20(22)23)17(15)25-2)13-10-16(21)19(18-13)12-6-4-3-5-7-12/h3-10,18H,1-2H3. The summed E-state index contributed by atoms with van der Waals surface area (Å²) < 4.78 is 11.6. The molecule has 0 radical (unpaired) electrons. The van der Waals surface area contributed by atoms with Crippen LogP contribution >= 0.6 is 0 Å². The van der Waals surface area contributed by atoms with Crippen LogP contribution in [0.25, 0.3) is 16.9 Å². The van der Waals surface area contributed by atoms with Crippen LogP contribution < -0.4 is 15.0 Å². The van der Waals surface area contributed by atoms with Crippen LogP contribution in [0.4, 0.5) is 5.69 Å². The zero-order valence-electron chi connectivity index (χ0n) is 13.6. The van der Waals surface area contributed by atoms with Crippen molar-refractivity contribution in [1.82, 2.24) is 9.78 Å². The molecule has 0 saturated carbocycles. The van der Waals surface area contributed by atoms with Gasteiger partial charge < -0.3 is 9.47 Å². The molecule has 8 nitrogen and oxygen atoms in total. The fourth-order valence-electron chi connectivity index (χ4n) is 2.55. The van der Waals surface area contributed by atoms with E-state index in [4.69, 9.17) is 9.47 Å². The molecule has 1 N–H and O–H groups in total. The van der Waals surface area contributed by atoms with Gasteiger partial charge in [0, 0.05) is 17.7 Å². The van der Waals surface area contributed by atoms with Crippen LogP contribution in [0.1, 0.15) is 0 Å². The average molecular weight is 341 g/mol. The molecule has 0 atom stereocenters. The van der Waals surface area contributed by atoms with Crippen molar-refractivity contribution in [3.8, 4) is 28.4 Å². The zero-order valence-corrected chi connectivity index (χ0v) is 13.6. The highest BCUT2D eigenvalue weighted by Gasteiger charge is 2.23. The molecule has 0 amide bonds. The first-order valence-corrected chi connectivity index (χ1v) is 7.33. The number of benzene rings is 2. The smallest absolute Gasteiger partial charge is 0.315 e. The fourth-order valence-corrected chi connectivity index (χ4v) is 2.55. The third-order valence-electron chi connectivity index (χ3n) is 3.70. The Hall–Kier alpha value is -3.55. The predicted molar refractivity (Wildman–Crippen MR) is 91.6 cm³/mol. The largest absolute Gasteiger partial charge is 0.493 e. The van der Waals surface area contributed by atoms with Crippen LogP contribution in [-0.2, 0) is 0 Å². The van der Waals surface area contributed by atoms with E-state index in [1.54, 1.807) is 18.2 Å². The number of hydrogen-bond acceptors (Lipinski definition) is 5. The number of H-pyrrole nitrogens is 1. The second-order valence-electron chi connectivity index (χ2n) is 5.17. The van der Waals surface area contributed by atoms with E-state index in [1.165, 1.54) is 31.0 Å². The molecule has 25 heavy (non-hydrogen) atoms. The number of methoxy groups -OCH3 is 2. The van der Waals surface area contributed by atoms with Gasteiger partial charge >= 0.3 is 5.69 Å². The van der Waals surface area contributed by atoms with Crippen LogP contribution in [0.3, 0.4) is 0 Å². The highest BCUT2D eigenvalue weighted by Crippen LogP contribution is 2.40. The molecule has 3 aromatic rings. The van der Waals surface area contributed by atoms with E-state index in [2.05, 4.69) is 5.10 Å². The topological polar surface area (TPSA) is 99.4 Å². The van der Waals surface area contributed by atoms with Gasteiger partial charge in [0.05, 0.1) is 30.5 Å². The Morgan fingerprint density at radius 2 is 1.80 bits per heavy atom. The number of para-hydroxylation sites is 1. The Balaban J connectivity index is 2.16. The number of nitrogens with one attached hydrogen (secondary N) is 1. The Kier molecular flexibility index (Phi) is 4.25. The van der Waals surface area contributed by atoms with Crippen LogP contribution in [0, 0.1) is 10.1 Å². The average Bonchev–Trinajstić information content (AvgIpc) is 3.02. The third-order valence-corrected chi connectivity index (χ3v) is 3.70. The second kappa shape index (κ2) is 6.52. The van der Waals surface area contributed by atoms with Gasteiger partial charge in [-0.1, -0.05) is 18.2 Å². The lowest BCUT2D eigenvalue weighted by Crippen LogP contribution is -2.12. The summed E-state index contributed by atoms with van der Waals surface area (Å²) in [5, 5.41) is 14.3. The zero-order chi connectivity index (χ0) is 18.0. The molecule has 1 heterocycles. The molecule has 3 rings (SSSR count). The van der Waals surface area contributed by atoms with Gasteiger partial charge in [-0.15, -0.1) is 0 Å². The number of nitrogens with zero attached hydrogens (tertiary/aromatic N) is 2. The van der Waals surface area contributed by atoms with Gasteiger partial charge in [-0.2, -0.15) is 0 Å². The van der Waals surface area contributed by atoms with Gasteiger partial charge in [0.2, 0.25) is 5.75 Å². The van der Waals surface area contributed by atoms with Gasteiger partial charge in [-0.3, -0.25) is 20.0 Å². The van der Waals surface area contributed by atoms with Gasteiger partial charge in [0.15, 0.2) is 5.75 Å². The molecule has 0 spiro atoms. The number of aromatic nitrogens is 2. The molecule has 0 aliphatic rings. The van der Waals surface area contributed by atoms with Crippen molar-refractivity contribution >= 4 is 5.69 Å². The minimum absolute atomic E-state index is 0.0288. The van der Waals surface area contributed by atoms with Gasteiger partial charge in [0.25, 0.3) is 5.56 Å². The highest BCUT2D eigenvalue weighted by molar-refractivity contribution is 5.70. The Bertz CT molecular complexity index is 976. The molecule has 128 valence electrons. The van der Waals surface area contributed by atoms with Crippen molar-refractivity contribution < 1.29 is 14.4 Å². The summed E-state index contributed by atoms with van der Waals surface area (Å²) in [5.41, 5.74) is 1.01. The maximum atomic E-state index is 12.3. The van der Waals surface area contributed by atoms with E-state index in [-0.39, 0.29) is 22.7 Å². The number of nitro groups is 1. The van der Waals surface area contributed by atoms with E-state index in [0.29, 0.717) is 16.9 Å². The van der Waals surface area contributed by atoms with Gasteiger partial charge in [-0.25, -0.2) is 4.68 Å². The molecule has 1 aromatic heterocycles. The lowest BCUT2D eigenvalue weighted by Gasteiger charge is -2.09. The SMILES string of the molecule is COc1cc(-c2cc(=O)n(-c3ccccc3)[nH]2)cc([N+](=O)[O-])c1OC. The summed E-state index contributed by atoms with van der Waals surface area (Å²) in [5.74, 6) is 0.237. The first-order valence-electron chi connectivity index (χ1n) is 7.33. The number of rotatable bonds is 5. The monoisotopic (exact) mass is 341 g/mol. The molecular formula is C17H15N3O5. The quantitative estimate of drug-likeness (QED) is 0.568. The number of aromatic amines is 1. The lowest BCUT2D eigenvalue weighted by molar-refractivity contribution is -0.385. The van der Waals surface area contributed by atoms with E-state index >= 15 is 0 Å². The van der Waals surface area contributed by atoms with Crippen LogP contribution in [0.5, 0.6) is 11.5 Å². The Morgan fingerprint density at radius 3 is 2.40 bits per heavy atom. The number of hydrogen-bond donors (Lipinski definition) is 1. The summed E-state index contributed by atoms with van der Waals surface area (Å²) in [6.45, 7) is 0. The Labute approximate surface area is 142 Å². The summed E-state index contributed by atoms with van der Waals surface area (Å²) in [6.07, 6.45) is 0. The minimum Gasteiger partial charge on any atom is -0.493 e. The lowest BCUT2D eigenvalue weighted by atomic mass is 10.1. The molecular weight excluding hydrogens is 326 g/mol. The van der Waals surface area contributed by atoms with Crippen LogP contribution in [0.2, 0.25) is 0 Å².